The van der Waals surface area contributed by atoms with Crippen molar-refractivity contribution in [1.82, 2.24) is 10.1 Å². The Hall–Kier alpha value is -3.00. The molecule has 1 heterocycles. The van der Waals surface area contributed by atoms with E-state index in [-0.39, 0.29) is 5.89 Å². The summed E-state index contributed by atoms with van der Waals surface area (Å²) in [6, 6.07) is 13.0. The molecule has 0 radical (unpaired) electrons. The number of carbonyl (C=O) groups excluding carboxylic acids is 1. The van der Waals surface area contributed by atoms with Gasteiger partial charge >= 0.3 is 0 Å². The molecule has 1 aromatic heterocycles. The highest BCUT2D eigenvalue weighted by atomic mass is 32.2. The summed E-state index contributed by atoms with van der Waals surface area (Å²) in [5.74, 6) is -0.850. The molecule has 7 nitrogen and oxygen atoms in total. The van der Waals surface area contributed by atoms with E-state index in [4.69, 9.17) is 4.52 Å². The van der Waals surface area contributed by atoms with Crippen molar-refractivity contribution in [3.05, 3.63) is 65.0 Å². The van der Waals surface area contributed by atoms with Gasteiger partial charge in [-0.2, -0.15) is 4.98 Å². The maximum atomic E-state index is 12.7. The van der Waals surface area contributed by atoms with Crippen molar-refractivity contribution in [3.8, 4) is 11.4 Å². The Labute approximate surface area is 170 Å². The first-order valence-electron chi connectivity index (χ1n) is 9.15. The molecule has 0 aliphatic rings. The SMILES string of the molecule is Cc1ccc(-c2noc(CS(=O)(=O)C(C)C(=O)Nc3ccc(C)cc3C)n2)cc1. The minimum absolute atomic E-state index is 0.0493. The lowest BCUT2D eigenvalue weighted by Crippen LogP contribution is -2.33. The predicted molar refractivity (Wildman–Crippen MR) is 111 cm³/mol. The van der Waals surface area contributed by atoms with Crippen LogP contribution in [-0.4, -0.2) is 29.7 Å². The highest BCUT2D eigenvalue weighted by Gasteiger charge is 2.30. The second-order valence-electron chi connectivity index (χ2n) is 7.13. The summed E-state index contributed by atoms with van der Waals surface area (Å²) in [6.45, 7) is 7.11. The number of amides is 1. The molecule has 0 saturated heterocycles. The first-order valence-corrected chi connectivity index (χ1v) is 10.9. The molecule has 0 bridgehead atoms. The summed E-state index contributed by atoms with van der Waals surface area (Å²) in [5, 5.41) is 5.26. The normalized spacial score (nSPS) is 12.6. The summed E-state index contributed by atoms with van der Waals surface area (Å²) in [4.78, 5) is 16.6. The van der Waals surface area contributed by atoms with Crippen LogP contribution in [0, 0.1) is 20.8 Å². The van der Waals surface area contributed by atoms with E-state index in [1.165, 1.54) is 6.92 Å². The molecule has 1 N–H and O–H groups in total. The molecule has 2 aromatic carbocycles. The fourth-order valence-corrected chi connectivity index (χ4v) is 3.88. The van der Waals surface area contributed by atoms with Crippen LogP contribution in [0.2, 0.25) is 0 Å². The summed E-state index contributed by atoms with van der Waals surface area (Å²) in [7, 11) is -3.84. The van der Waals surface area contributed by atoms with Crippen LogP contribution in [0.1, 0.15) is 29.5 Å². The second-order valence-corrected chi connectivity index (χ2v) is 9.46. The molecule has 1 unspecified atom stereocenters. The van der Waals surface area contributed by atoms with Crippen molar-refractivity contribution in [3.63, 3.8) is 0 Å². The van der Waals surface area contributed by atoms with E-state index in [1.807, 2.05) is 57.2 Å². The van der Waals surface area contributed by atoms with Crippen LogP contribution in [0.3, 0.4) is 0 Å². The van der Waals surface area contributed by atoms with E-state index < -0.39 is 26.7 Å². The summed E-state index contributed by atoms with van der Waals surface area (Å²) >= 11 is 0. The van der Waals surface area contributed by atoms with Gasteiger partial charge in [-0.1, -0.05) is 52.7 Å². The first-order chi connectivity index (χ1) is 13.7. The number of nitrogens with one attached hydrogen (secondary N) is 1. The fraction of sp³-hybridized carbons (Fsp3) is 0.286. The third-order valence-corrected chi connectivity index (χ3v) is 6.59. The van der Waals surface area contributed by atoms with Gasteiger partial charge in [-0.05, 0) is 39.3 Å². The summed E-state index contributed by atoms with van der Waals surface area (Å²) < 4.78 is 30.4. The van der Waals surface area contributed by atoms with Crippen molar-refractivity contribution >= 4 is 21.4 Å². The van der Waals surface area contributed by atoms with Crippen molar-refractivity contribution in [2.45, 2.75) is 38.7 Å². The minimum Gasteiger partial charge on any atom is -0.338 e. The second kappa shape index (κ2) is 8.16. The molecule has 0 aliphatic carbocycles. The van der Waals surface area contributed by atoms with Crippen LogP contribution in [0.15, 0.2) is 47.0 Å². The smallest absolute Gasteiger partial charge is 0.242 e. The van der Waals surface area contributed by atoms with Crippen LogP contribution >= 0.6 is 0 Å². The summed E-state index contributed by atoms with van der Waals surface area (Å²) in [5.41, 5.74) is 4.32. The molecule has 8 heteroatoms. The van der Waals surface area contributed by atoms with Crippen LogP contribution in [-0.2, 0) is 20.4 Å². The van der Waals surface area contributed by atoms with Gasteiger partial charge in [0, 0.05) is 11.3 Å². The Balaban J connectivity index is 1.71. The molecule has 3 aromatic rings. The number of nitrogens with zero attached hydrogens (tertiary/aromatic N) is 2. The van der Waals surface area contributed by atoms with Gasteiger partial charge in [0.2, 0.25) is 17.6 Å². The van der Waals surface area contributed by atoms with Gasteiger partial charge in [-0.25, -0.2) is 8.42 Å². The highest BCUT2D eigenvalue weighted by molar-refractivity contribution is 7.92. The largest absolute Gasteiger partial charge is 0.338 e. The van der Waals surface area contributed by atoms with Gasteiger partial charge in [-0.3, -0.25) is 4.79 Å². The van der Waals surface area contributed by atoms with Crippen molar-refractivity contribution < 1.29 is 17.7 Å². The lowest BCUT2D eigenvalue weighted by atomic mass is 10.1. The van der Waals surface area contributed by atoms with E-state index in [9.17, 15) is 13.2 Å². The van der Waals surface area contributed by atoms with Gasteiger partial charge < -0.3 is 9.84 Å². The lowest BCUT2D eigenvalue weighted by Gasteiger charge is -2.14. The van der Waals surface area contributed by atoms with E-state index >= 15 is 0 Å². The van der Waals surface area contributed by atoms with E-state index in [0.29, 0.717) is 11.5 Å². The number of carbonyl (C=O) groups is 1. The lowest BCUT2D eigenvalue weighted by molar-refractivity contribution is -0.115. The molecule has 152 valence electrons. The van der Waals surface area contributed by atoms with E-state index in [0.717, 1.165) is 22.3 Å². The molecule has 29 heavy (non-hydrogen) atoms. The number of aryl methyl sites for hydroxylation is 3. The molecule has 1 atom stereocenters. The Kier molecular flexibility index (Phi) is 5.83. The number of benzene rings is 2. The fourth-order valence-electron chi connectivity index (χ4n) is 2.78. The van der Waals surface area contributed by atoms with Gasteiger partial charge in [0.15, 0.2) is 9.84 Å². The Morgan fingerprint density at radius 2 is 1.72 bits per heavy atom. The van der Waals surface area contributed by atoms with Gasteiger partial charge in [-0.15, -0.1) is 0 Å². The topological polar surface area (TPSA) is 102 Å². The van der Waals surface area contributed by atoms with Crippen LogP contribution < -0.4 is 5.32 Å². The van der Waals surface area contributed by atoms with E-state index in [2.05, 4.69) is 15.5 Å². The number of hydrogen-bond donors (Lipinski definition) is 1. The number of rotatable bonds is 6. The Morgan fingerprint density at radius 1 is 1.07 bits per heavy atom. The Morgan fingerprint density at radius 3 is 2.38 bits per heavy atom. The number of sulfone groups is 1. The van der Waals surface area contributed by atoms with Crippen molar-refractivity contribution in [2.75, 3.05) is 5.32 Å². The molecule has 1 amide bonds. The monoisotopic (exact) mass is 413 g/mol. The molecule has 0 fully saturated rings. The average Bonchev–Trinajstić information content (AvgIpc) is 3.11. The third-order valence-electron chi connectivity index (χ3n) is 4.65. The average molecular weight is 413 g/mol. The van der Waals surface area contributed by atoms with E-state index in [1.54, 1.807) is 6.07 Å². The minimum atomic E-state index is -3.84. The van der Waals surface area contributed by atoms with Gasteiger partial charge in [0.05, 0.1) is 0 Å². The number of hydrogen-bond acceptors (Lipinski definition) is 6. The quantitative estimate of drug-likeness (QED) is 0.662. The molecule has 3 rings (SSSR count). The zero-order chi connectivity index (χ0) is 21.2. The van der Waals surface area contributed by atoms with Crippen molar-refractivity contribution in [2.24, 2.45) is 0 Å². The van der Waals surface area contributed by atoms with Crippen LogP contribution in [0.25, 0.3) is 11.4 Å². The molecular formula is C21H23N3O4S. The van der Waals surface area contributed by atoms with Crippen molar-refractivity contribution in [1.29, 1.82) is 0 Å². The van der Waals surface area contributed by atoms with Crippen LogP contribution in [0.5, 0.6) is 0 Å². The Bertz CT molecular complexity index is 1130. The zero-order valence-electron chi connectivity index (χ0n) is 16.8. The standard InChI is InChI=1S/C21H23N3O4S/c1-13-5-8-17(9-6-13)20-23-19(28-24-20)12-29(26,27)16(4)21(25)22-18-10-7-14(2)11-15(18)3/h5-11,16H,12H2,1-4H3,(H,22,25). The zero-order valence-corrected chi connectivity index (χ0v) is 17.6. The summed E-state index contributed by atoms with van der Waals surface area (Å²) in [6.07, 6.45) is 0. The van der Waals surface area contributed by atoms with Gasteiger partial charge in [0.25, 0.3) is 0 Å². The molecule has 0 aliphatic heterocycles. The molecule has 0 spiro atoms. The maximum absolute atomic E-state index is 12.7. The highest BCUT2D eigenvalue weighted by Crippen LogP contribution is 2.20. The molecule has 0 saturated carbocycles. The predicted octanol–water partition coefficient (Wildman–Crippen LogP) is 3.60. The first kappa shape index (κ1) is 20.7. The maximum Gasteiger partial charge on any atom is 0.242 e. The molecular weight excluding hydrogens is 390 g/mol. The number of anilines is 1. The van der Waals surface area contributed by atoms with Crippen LogP contribution in [0.4, 0.5) is 5.69 Å². The number of aromatic nitrogens is 2. The van der Waals surface area contributed by atoms with Gasteiger partial charge in [0.1, 0.15) is 11.0 Å². The third kappa shape index (κ3) is 4.89.